The molecular weight excluding hydrogens is 174 g/mol. The van der Waals surface area contributed by atoms with Crippen LogP contribution in [0.25, 0.3) is 0 Å². The number of nitrogens with one attached hydrogen (secondary N) is 1. The Kier molecular flexibility index (Phi) is 3.45. The van der Waals surface area contributed by atoms with Crippen molar-refractivity contribution in [2.75, 3.05) is 13.2 Å². The summed E-state index contributed by atoms with van der Waals surface area (Å²) in [5, 5.41) is 3.67. The zero-order chi connectivity index (χ0) is 9.97. The van der Waals surface area contributed by atoms with Crippen LogP contribution in [0.3, 0.4) is 0 Å². The van der Waals surface area contributed by atoms with Gasteiger partial charge >= 0.3 is 0 Å². The topological polar surface area (TPSA) is 21.3 Å². The van der Waals surface area contributed by atoms with Crippen molar-refractivity contribution in [3.8, 4) is 0 Å². The SMILES string of the molecule is CCNC(C1CC1)C1CCOC1CC. The molecule has 1 saturated heterocycles. The Morgan fingerprint density at radius 2 is 2.07 bits per heavy atom. The first kappa shape index (κ1) is 10.4. The van der Waals surface area contributed by atoms with Gasteiger partial charge < -0.3 is 10.1 Å². The molecule has 0 radical (unpaired) electrons. The minimum atomic E-state index is 0.527. The lowest BCUT2D eigenvalue weighted by atomic mass is 9.88. The van der Waals surface area contributed by atoms with E-state index in [1.165, 1.54) is 25.7 Å². The highest BCUT2D eigenvalue weighted by molar-refractivity contribution is 4.95. The van der Waals surface area contributed by atoms with E-state index in [2.05, 4.69) is 19.2 Å². The molecule has 1 aliphatic carbocycles. The number of ether oxygens (including phenoxy) is 1. The fraction of sp³-hybridized carbons (Fsp3) is 1.00. The van der Waals surface area contributed by atoms with Crippen LogP contribution >= 0.6 is 0 Å². The third kappa shape index (κ3) is 2.12. The lowest BCUT2D eigenvalue weighted by molar-refractivity contribution is 0.0750. The highest BCUT2D eigenvalue weighted by Gasteiger charge is 2.41. The van der Waals surface area contributed by atoms with E-state index in [0.29, 0.717) is 6.10 Å². The maximum atomic E-state index is 5.78. The third-order valence-corrected chi connectivity index (χ3v) is 3.69. The van der Waals surface area contributed by atoms with Crippen LogP contribution in [-0.4, -0.2) is 25.3 Å². The van der Waals surface area contributed by atoms with E-state index in [1.54, 1.807) is 0 Å². The molecule has 0 amide bonds. The van der Waals surface area contributed by atoms with Gasteiger partial charge in [0.05, 0.1) is 6.10 Å². The predicted octanol–water partition coefficient (Wildman–Crippen LogP) is 2.19. The normalized spacial score (nSPS) is 34.7. The molecule has 2 heteroatoms. The molecular formula is C12H23NO. The standard InChI is InChI=1S/C12H23NO/c1-3-11-10(7-8-14-11)12(13-4-2)9-5-6-9/h9-13H,3-8H2,1-2H3. The molecule has 2 fully saturated rings. The van der Waals surface area contributed by atoms with E-state index in [9.17, 15) is 0 Å². The van der Waals surface area contributed by atoms with Gasteiger partial charge in [0.2, 0.25) is 0 Å². The Hall–Kier alpha value is -0.0800. The minimum Gasteiger partial charge on any atom is -0.378 e. The monoisotopic (exact) mass is 197 g/mol. The van der Waals surface area contributed by atoms with Crippen LogP contribution in [0.5, 0.6) is 0 Å². The Bertz CT molecular complexity index is 179. The molecule has 1 heterocycles. The first-order valence-corrected chi connectivity index (χ1v) is 6.21. The second-order valence-corrected chi connectivity index (χ2v) is 4.69. The van der Waals surface area contributed by atoms with Gasteiger partial charge in [0, 0.05) is 18.6 Å². The molecule has 2 nitrogen and oxygen atoms in total. The molecule has 0 aromatic heterocycles. The molecule has 82 valence electrons. The number of rotatable bonds is 5. The second kappa shape index (κ2) is 4.63. The van der Waals surface area contributed by atoms with Crippen LogP contribution < -0.4 is 5.32 Å². The van der Waals surface area contributed by atoms with E-state index < -0.39 is 0 Å². The molecule has 3 unspecified atom stereocenters. The Labute approximate surface area is 87.4 Å². The first-order chi connectivity index (χ1) is 6.86. The van der Waals surface area contributed by atoms with Gasteiger partial charge in [0.25, 0.3) is 0 Å². The fourth-order valence-electron chi connectivity index (χ4n) is 2.86. The summed E-state index contributed by atoms with van der Waals surface area (Å²) in [5.74, 6) is 1.74. The maximum Gasteiger partial charge on any atom is 0.0616 e. The van der Waals surface area contributed by atoms with Gasteiger partial charge in [-0.05, 0) is 38.1 Å². The van der Waals surface area contributed by atoms with Crippen LogP contribution in [0.2, 0.25) is 0 Å². The van der Waals surface area contributed by atoms with Crippen molar-refractivity contribution in [3.05, 3.63) is 0 Å². The van der Waals surface area contributed by atoms with Gasteiger partial charge in [-0.1, -0.05) is 13.8 Å². The summed E-state index contributed by atoms with van der Waals surface area (Å²) >= 11 is 0. The van der Waals surface area contributed by atoms with Crippen LogP contribution in [0.1, 0.15) is 39.5 Å². The summed E-state index contributed by atoms with van der Waals surface area (Å²) in [6, 6.07) is 0.743. The molecule has 1 saturated carbocycles. The van der Waals surface area contributed by atoms with Crippen LogP contribution in [0, 0.1) is 11.8 Å². The second-order valence-electron chi connectivity index (χ2n) is 4.69. The zero-order valence-corrected chi connectivity index (χ0v) is 9.46. The van der Waals surface area contributed by atoms with E-state index in [1.807, 2.05) is 0 Å². The van der Waals surface area contributed by atoms with E-state index in [-0.39, 0.29) is 0 Å². The molecule has 2 rings (SSSR count). The van der Waals surface area contributed by atoms with Crippen molar-refractivity contribution in [1.82, 2.24) is 5.32 Å². The van der Waals surface area contributed by atoms with Crippen molar-refractivity contribution in [3.63, 3.8) is 0 Å². The largest absolute Gasteiger partial charge is 0.378 e. The van der Waals surface area contributed by atoms with E-state index in [0.717, 1.165) is 31.0 Å². The van der Waals surface area contributed by atoms with E-state index >= 15 is 0 Å². The minimum absolute atomic E-state index is 0.527. The molecule has 0 spiro atoms. The summed E-state index contributed by atoms with van der Waals surface area (Å²) < 4.78 is 5.78. The van der Waals surface area contributed by atoms with E-state index in [4.69, 9.17) is 4.74 Å². The van der Waals surface area contributed by atoms with Gasteiger partial charge in [0.1, 0.15) is 0 Å². The third-order valence-electron chi connectivity index (χ3n) is 3.69. The Morgan fingerprint density at radius 3 is 2.64 bits per heavy atom. The summed E-state index contributed by atoms with van der Waals surface area (Å²) in [5.41, 5.74) is 0. The molecule has 1 aliphatic heterocycles. The van der Waals surface area contributed by atoms with Crippen molar-refractivity contribution in [2.24, 2.45) is 11.8 Å². The Balaban J connectivity index is 1.94. The summed E-state index contributed by atoms with van der Waals surface area (Å²) in [7, 11) is 0. The highest BCUT2D eigenvalue weighted by Crippen LogP contribution is 2.40. The van der Waals surface area contributed by atoms with Gasteiger partial charge in [-0.15, -0.1) is 0 Å². The van der Waals surface area contributed by atoms with Crippen molar-refractivity contribution < 1.29 is 4.74 Å². The van der Waals surface area contributed by atoms with Crippen molar-refractivity contribution in [1.29, 1.82) is 0 Å². The fourth-order valence-corrected chi connectivity index (χ4v) is 2.86. The average molecular weight is 197 g/mol. The van der Waals surface area contributed by atoms with Crippen LogP contribution in [-0.2, 0) is 4.74 Å². The molecule has 2 aliphatic rings. The molecule has 0 aromatic carbocycles. The lowest BCUT2D eigenvalue weighted by Gasteiger charge is -2.27. The van der Waals surface area contributed by atoms with Crippen molar-refractivity contribution in [2.45, 2.75) is 51.7 Å². The zero-order valence-electron chi connectivity index (χ0n) is 9.46. The van der Waals surface area contributed by atoms with Crippen LogP contribution in [0.4, 0.5) is 0 Å². The predicted molar refractivity (Wildman–Crippen MR) is 58.3 cm³/mol. The van der Waals surface area contributed by atoms with Gasteiger partial charge in [0.15, 0.2) is 0 Å². The van der Waals surface area contributed by atoms with Crippen molar-refractivity contribution >= 4 is 0 Å². The molecule has 1 N–H and O–H groups in total. The van der Waals surface area contributed by atoms with Gasteiger partial charge in [-0.3, -0.25) is 0 Å². The number of hydrogen-bond donors (Lipinski definition) is 1. The Morgan fingerprint density at radius 1 is 1.29 bits per heavy atom. The van der Waals surface area contributed by atoms with Crippen LogP contribution in [0.15, 0.2) is 0 Å². The highest BCUT2D eigenvalue weighted by atomic mass is 16.5. The van der Waals surface area contributed by atoms with Gasteiger partial charge in [-0.25, -0.2) is 0 Å². The molecule has 3 atom stereocenters. The summed E-state index contributed by atoms with van der Waals surface area (Å²) in [6.07, 6.45) is 5.85. The first-order valence-electron chi connectivity index (χ1n) is 6.21. The summed E-state index contributed by atoms with van der Waals surface area (Å²) in [6.45, 7) is 6.55. The summed E-state index contributed by atoms with van der Waals surface area (Å²) in [4.78, 5) is 0. The smallest absolute Gasteiger partial charge is 0.0616 e. The average Bonchev–Trinajstić information content (AvgIpc) is 2.92. The number of hydrogen-bond acceptors (Lipinski definition) is 2. The lowest BCUT2D eigenvalue weighted by Crippen LogP contribution is -2.41. The quantitative estimate of drug-likeness (QED) is 0.729. The maximum absolute atomic E-state index is 5.78. The molecule has 14 heavy (non-hydrogen) atoms. The van der Waals surface area contributed by atoms with Gasteiger partial charge in [-0.2, -0.15) is 0 Å². The molecule has 0 aromatic rings. The molecule has 0 bridgehead atoms.